The summed E-state index contributed by atoms with van der Waals surface area (Å²) in [5.74, 6) is -0.870. The summed E-state index contributed by atoms with van der Waals surface area (Å²) in [6.07, 6.45) is 83.9. The normalized spacial score (nSPS) is 12.4. The Balaban J connectivity index is 4.16. The van der Waals surface area contributed by atoms with E-state index < -0.39 is 6.10 Å². The Morgan fingerprint density at radius 3 is 0.740 bits per heavy atom. The minimum atomic E-state index is -0.779. The Labute approximate surface area is 479 Å². The summed E-state index contributed by atoms with van der Waals surface area (Å²) in [4.78, 5) is 38.3. The van der Waals surface area contributed by atoms with Crippen molar-refractivity contribution >= 4 is 17.9 Å². The maximum Gasteiger partial charge on any atom is 0.306 e. The molecule has 0 aliphatic carbocycles. The fourth-order valence-corrected chi connectivity index (χ4v) is 9.89. The van der Waals surface area contributed by atoms with Gasteiger partial charge in [-0.2, -0.15) is 0 Å². The summed E-state index contributed by atoms with van der Waals surface area (Å²) in [6.45, 7) is 6.64. The number of hydrogen-bond acceptors (Lipinski definition) is 6. The smallest absolute Gasteiger partial charge is 0.306 e. The van der Waals surface area contributed by atoms with Crippen LogP contribution in [0, 0.1) is 0 Å². The number of rotatable bonds is 62. The van der Waals surface area contributed by atoms with Crippen LogP contribution in [-0.4, -0.2) is 37.2 Å². The van der Waals surface area contributed by atoms with Crippen LogP contribution in [0.5, 0.6) is 0 Å². The average Bonchev–Trinajstić information content (AvgIpc) is 3.43. The van der Waals surface area contributed by atoms with Crippen molar-refractivity contribution in [3.63, 3.8) is 0 Å². The Kier molecular flexibility index (Phi) is 63.2. The molecule has 1 atom stereocenters. The van der Waals surface area contributed by atoms with E-state index in [1.807, 2.05) is 0 Å². The van der Waals surface area contributed by atoms with Crippen LogP contribution in [0.4, 0.5) is 0 Å². The number of esters is 3. The van der Waals surface area contributed by atoms with Crippen LogP contribution in [0.2, 0.25) is 0 Å². The molecule has 0 saturated carbocycles. The molecule has 0 spiro atoms. The molecule has 0 aromatic carbocycles. The van der Waals surface area contributed by atoms with E-state index in [2.05, 4.69) is 81.5 Å². The predicted octanol–water partition coefficient (Wildman–Crippen LogP) is 23.1. The van der Waals surface area contributed by atoms with E-state index in [1.54, 1.807) is 0 Å². The molecule has 0 N–H and O–H groups in total. The molecule has 0 bridgehead atoms. The molecule has 6 heteroatoms. The number of carbonyl (C=O) groups excluding carboxylic acids is 3. The number of hydrogen-bond donors (Lipinski definition) is 0. The third-order valence-corrected chi connectivity index (χ3v) is 15.0. The Morgan fingerprint density at radius 2 is 0.468 bits per heavy atom. The zero-order valence-electron chi connectivity index (χ0n) is 51.5. The van der Waals surface area contributed by atoms with Crippen molar-refractivity contribution in [1.82, 2.24) is 0 Å². The maximum absolute atomic E-state index is 12.9. The highest BCUT2D eigenvalue weighted by atomic mass is 16.6. The van der Waals surface area contributed by atoms with Crippen LogP contribution in [0.1, 0.15) is 355 Å². The second-order valence-electron chi connectivity index (χ2n) is 22.7. The Morgan fingerprint density at radius 1 is 0.260 bits per heavy atom. The van der Waals surface area contributed by atoms with Gasteiger partial charge >= 0.3 is 17.9 Å². The van der Waals surface area contributed by atoms with Crippen molar-refractivity contribution in [2.24, 2.45) is 0 Å². The fraction of sp³-hybridized carbons (Fsp3) is 0.817. The van der Waals surface area contributed by atoms with Crippen molar-refractivity contribution < 1.29 is 28.6 Å². The molecule has 6 nitrogen and oxygen atoms in total. The topological polar surface area (TPSA) is 78.9 Å². The van der Waals surface area contributed by atoms with Gasteiger partial charge in [-0.1, -0.05) is 306 Å². The lowest BCUT2D eigenvalue weighted by Gasteiger charge is -2.18. The van der Waals surface area contributed by atoms with E-state index in [9.17, 15) is 14.4 Å². The average molecular weight is 1080 g/mol. The SMILES string of the molecule is CCCCCC/C=C\C/C=C\CCCCCCCC(=O)OC(COC(=O)CCCCCCCCCCCCCC)COC(=O)CCCCCCCCCCCCCCCCCC/C=C\C/C=C\C/C=C\CCCCCCC. The lowest BCUT2D eigenvalue weighted by atomic mass is 10.0. The molecule has 0 saturated heterocycles. The standard InChI is InChI=1S/C71H128O6/c1-4-7-10-13-16-19-22-25-27-29-30-31-32-33-34-35-36-37-38-39-40-41-42-43-45-46-49-52-55-58-61-64-70(73)76-67-68(66-75-69(72)63-60-57-54-51-48-24-21-18-15-12-9-6-3)77-71(74)65-62-59-56-53-50-47-44-28-26-23-20-17-14-11-8-5-2/h20,22-23,25,28-30,32-33,44,68H,4-19,21,24,26-27,31,34-43,45-67H2,1-3H3/b23-20-,25-22-,30-29-,33-32-,44-28-. The van der Waals surface area contributed by atoms with E-state index in [4.69, 9.17) is 14.2 Å². The molecule has 77 heavy (non-hydrogen) atoms. The van der Waals surface area contributed by atoms with Crippen LogP contribution < -0.4 is 0 Å². The van der Waals surface area contributed by atoms with Gasteiger partial charge in [-0.25, -0.2) is 0 Å². The van der Waals surface area contributed by atoms with Gasteiger partial charge in [0.25, 0.3) is 0 Å². The van der Waals surface area contributed by atoms with Crippen LogP contribution in [0.3, 0.4) is 0 Å². The molecule has 0 aliphatic heterocycles. The number of allylic oxidation sites excluding steroid dienone is 10. The lowest BCUT2D eigenvalue weighted by Crippen LogP contribution is -2.30. The van der Waals surface area contributed by atoms with Crippen molar-refractivity contribution in [1.29, 1.82) is 0 Å². The van der Waals surface area contributed by atoms with Crippen molar-refractivity contribution in [2.75, 3.05) is 13.2 Å². The second-order valence-corrected chi connectivity index (χ2v) is 22.7. The summed E-state index contributed by atoms with van der Waals surface area (Å²) >= 11 is 0. The van der Waals surface area contributed by atoms with E-state index >= 15 is 0 Å². The van der Waals surface area contributed by atoms with Gasteiger partial charge in [0.15, 0.2) is 6.10 Å². The minimum absolute atomic E-state index is 0.0755. The van der Waals surface area contributed by atoms with Crippen LogP contribution in [-0.2, 0) is 28.6 Å². The quantitative estimate of drug-likeness (QED) is 0.0261. The minimum Gasteiger partial charge on any atom is -0.462 e. The van der Waals surface area contributed by atoms with Gasteiger partial charge in [0.1, 0.15) is 13.2 Å². The summed E-state index contributed by atoms with van der Waals surface area (Å²) in [5, 5.41) is 0. The van der Waals surface area contributed by atoms with Crippen molar-refractivity contribution in [3.05, 3.63) is 60.8 Å². The van der Waals surface area contributed by atoms with Crippen LogP contribution in [0.15, 0.2) is 60.8 Å². The molecule has 0 amide bonds. The van der Waals surface area contributed by atoms with Gasteiger partial charge in [-0.05, 0) is 89.9 Å². The first-order valence-corrected chi connectivity index (χ1v) is 33.8. The van der Waals surface area contributed by atoms with Gasteiger partial charge in [0.2, 0.25) is 0 Å². The third kappa shape index (κ3) is 63.8. The van der Waals surface area contributed by atoms with Gasteiger partial charge in [-0.15, -0.1) is 0 Å². The van der Waals surface area contributed by atoms with Gasteiger partial charge < -0.3 is 14.2 Å². The molecule has 1 unspecified atom stereocenters. The second kappa shape index (κ2) is 65.6. The van der Waals surface area contributed by atoms with Crippen molar-refractivity contribution in [3.8, 4) is 0 Å². The van der Waals surface area contributed by atoms with E-state index in [1.165, 1.54) is 218 Å². The monoisotopic (exact) mass is 1080 g/mol. The molecular formula is C71H128O6. The third-order valence-electron chi connectivity index (χ3n) is 15.0. The summed E-state index contributed by atoms with van der Waals surface area (Å²) in [6, 6.07) is 0. The van der Waals surface area contributed by atoms with Crippen LogP contribution in [0.25, 0.3) is 0 Å². The number of carbonyl (C=O) groups is 3. The zero-order chi connectivity index (χ0) is 55.7. The highest BCUT2D eigenvalue weighted by Gasteiger charge is 2.19. The first-order valence-electron chi connectivity index (χ1n) is 33.8. The largest absolute Gasteiger partial charge is 0.462 e. The lowest BCUT2D eigenvalue weighted by molar-refractivity contribution is -0.167. The fourth-order valence-electron chi connectivity index (χ4n) is 9.89. The number of unbranched alkanes of at least 4 members (excludes halogenated alkanes) is 41. The molecule has 0 aliphatic rings. The van der Waals surface area contributed by atoms with Crippen molar-refractivity contribution in [2.45, 2.75) is 361 Å². The van der Waals surface area contributed by atoms with E-state index in [-0.39, 0.29) is 31.1 Å². The molecule has 0 rings (SSSR count). The summed E-state index contributed by atoms with van der Waals surface area (Å²) < 4.78 is 16.9. The zero-order valence-corrected chi connectivity index (χ0v) is 51.5. The van der Waals surface area contributed by atoms with Gasteiger partial charge in [0.05, 0.1) is 0 Å². The first kappa shape index (κ1) is 74.1. The Bertz CT molecular complexity index is 1380. The number of ether oxygens (including phenoxy) is 3. The summed E-state index contributed by atoms with van der Waals surface area (Å²) in [7, 11) is 0. The summed E-state index contributed by atoms with van der Waals surface area (Å²) in [5.41, 5.74) is 0. The first-order chi connectivity index (χ1) is 38.0. The van der Waals surface area contributed by atoms with Crippen LogP contribution >= 0.6 is 0 Å². The molecule has 0 radical (unpaired) electrons. The van der Waals surface area contributed by atoms with Gasteiger partial charge in [-0.3, -0.25) is 14.4 Å². The molecular weight excluding hydrogens is 949 g/mol. The molecule has 0 aromatic heterocycles. The highest BCUT2D eigenvalue weighted by Crippen LogP contribution is 2.17. The van der Waals surface area contributed by atoms with Gasteiger partial charge in [0, 0.05) is 19.3 Å². The molecule has 0 heterocycles. The maximum atomic E-state index is 12.9. The predicted molar refractivity (Wildman–Crippen MR) is 335 cm³/mol. The van der Waals surface area contributed by atoms with E-state index in [0.29, 0.717) is 19.3 Å². The molecule has 0 fully saturated rings. The molecule has 448 valence electrons. The Hall–Kier alpha value is -2.89. The van der Waals surface area contributed by atoms with E-state index in [0.717, 1.165) is 96.3 Å². The highest BCUT2D eigenvalue weighted by molar-refractivity contribution is 5.71. The molecule has 0 aromatic rings.